The van der Waals surface area contributed by atoms with Crippen LogP contribution in [-0.2, 0) is 19.5 Å². The molecule has 7 nitrogen and oxygen atoms in total. The van der Waals surface area contributed by atoms with Crippen molar-refractivity contribution < 1.29 is 4.74 Å². The fourth-order valence-corrected chi connectivity index (χ4v) is 3.58. The van der Waals surface area contributed by atoms with Gasteiger partial charge in [0.2, 0.25) is 0 Å². The van der Waals surface area contributed by atoms with Crippen LogP contribution in [0.1, 0.15) is 16.7 Å². The monoisotopic (exact) mass is 392 g/mol. The van der Waals surface area contributed by atoms with E-state index in [1.807, 2.05) is 42.5 Å². The molecule has 150 valence electrons. The minimum atomic E-state index is -0.408. The Labute approximate surface area is 168 Å². The summed E-state index contributed by atoms with van der Waals surface area (Å²) in [7, 11) is 1.62. The molecule has 0 aliphatic carbocycles. The van der Waals surface area contributed by atoms with Crippen molar-refractivity contribution in [2.45, 2.75) is 19.5 Å². The minimum Gasteiger partial charge on any atom is -0.497 e. The van der Waals surface area contributed by atoms with Crippen LogP contribution in [0.4, 0.5) is 5.82 Å². The fraction of sp³-hybridized carbons (Fsp3) is 0.273. The third kappa shape index (κ3) is 4.25. The number of methoxy groups -OCH3 is 1. The molecule has 0 bridgehead atoms. The van der Waals surface area contributed by atoms with Crippen molar-refractivity contribution in [3.8, 4) is 5.75 Å². The molecule has 0 radical (unpaired) electrons. The first kappa shape index (κ1) is 19.0. The van der Waals surface area contributed by atoms with Gasteiger partial charge in [0.15, 0.2) is 0 Å². The molecule has 1 aliphatic heterocycles. The van der Waals surface area contributed by atoms with E-state index in [2.05, 4.69) is 27.3 Å². The number of benzene rings is 2. The first-order valence-corrected chi connectivity index (χ1v) is 9.63. The molecule has 4 rings (SSSR count). The molecule has 0 spiro atoms. The Morgan fingerprint density at radius 2 is 1.76 bits per heavy atom. The highest BCUT2D eigenvalue weighted by atomic mass is 16.5. The van der Waals surface area contributed by atoms with Gasteiger partial charge in [-0.2, -0.15) is 0 Å². The van der Waals surface area contributed by atoms with E-state index in [1.165, 1.54) is 5.56 Å². The molecule has 0 atom stereocenters. The molecule has 0 unspecified atom stereocenters. The molecule has 2 aromatic carbocycles. The summed E-state index contributed by atoms with van der Waals surface area (Å²) in [5, 5.41) is 3.29. The summed E-state index contributed by atoms with van der Waals surface area (Å²) in [6, 6.07) is 17.8. The standard InChI is InChI=1S/C22H24N4O3/c1-29-18-9-7-17(8-10-18)13-26-20-19(21(27)24-22(26)28)14-25(15-23-20)12-11-16-5-3-2-4-6-16/h2-10,23H,11-15H2,1H3,(H,24,27,28). The summed E-state index contributed by atoms with van der Waals surface area (Å²) in [5.41, 5.74) is 2.08. The second-order valence-electron chi connectivity index (χ2n) is 7.14. The lowest BCUT2D eigenvalue weighted by Crippen LogP contribution is -2.44. The van der Waals surface area contributed by atoms with E-state index in [4.69, 9.17) is 4.74 Å². The predicted molar refractivity (Wildman–Crippen MR) is 112 cm³/mol. The van der Waals surface area contributed by atoms with E-state index in [0.717, 1.165) is 24.3 Å². The van der Waals surface area contributed by atoms with Crippen molar-refractivity contribution in [3.05, 3.63) is 92.1 Å². The van der Waals surface area contributed by atoms with E-state index in [-0.39, 0.29) is 5.56 Å². The highest BCUT2D eigenvalue weighted by Crippen LogP contribution is 2.19. The van der Waals surface area contributed by atoms with Crippen LogP contribution in [0, 0.1) is 0 Å². The van der Waals surface area contributed by atoms with E-state index < -0.39 is 5.69 Å². The SMILES string of the molecule is COc1ccc(Cn2c3c(c(=O)[nH]c2=O)CN(CCc2ccccc2)CN3)cc1. The number of anilines is 1. The highest BCUT2D eigenvalue weighted by molar-refractivity contribution is 5.46. The largest absolute Gasteiger partial charge is 0.497 e. The van der Waals surface area contributed by atoms with Gasteiger partial charge in [-0.15, -0.1) is 0 Å². The summed E-state index contributed by atoms with van der Waals surface area (Å²) in [5.74, 6) is 1.36. The van der Waals surface area contributed by atoms with Gasteiger partial charge in [-0.05, 0) is 29.7 Å². The topological polar surface area (TPSA) is 79.4 Å². The smallest absolute Gasteiger partial charge is 0.330 e. The van der Waals surface area contributed by atoms with Crippen LogP contribution < -0.4 is 21.3 Å². The molecule has 0 saturated heterocycles. The van der Waals surface area contributed by atoms with Crippen LogP contribution in [-0.4, -0.2) is 34.8 Å². The van der Waals surface area contributed by atoms with Crippen molar-refractivity contribution in [2.75, 3.05) is 25.6 Å². The van der Waals surface area contributed by atoms with Gasteiger partial charge in [0.1, 0.15) is 11.6 Å². The third-order valence-electron chi connectivity index (χ3n) is 5.21. The number of rotatable bonds is 6. The first-order chi connectivity index (χ1) is 14.1. The molecule has 0 amide bonds. The Balaban J connectivity index is 1.54. The van der Waals surface area contributed by atoms with Crippen LogP contribution in [0.3, 0.4) is 0 Å². The number of fused-ring (bicyclic) bond motifs is 1. The number of nitrogens with zero attached hydrogens (tertiary/aromatic N) is 2. The molecule has 0 saturated carbocycles. The normalized spacial score (nSPS) is 13.6. The molecule has 2 heterocycles. The Bertz CT molecular complexity index is 1090. The van der Waals surface area contributed by atoms with E-state index in [9.17, 15) is 9.59 Å². The Kier molecular flexibility index (Phi) is 5.48. The van der Waals surface area contributed by atoms with Crippen LogP contribution in [0.25, 0.3) is 0 Å². The van der Waals surface area contributed by atoms with Crippen LogP contribution in [0.15, 0.2) is 64.2 Å². The molecule has 7 heteroatoms. The number of aromatic amines is 1. The summed E-state index contributed by atoms with van der Waals surface area (Å²) < 4.78 is 6.77. The average molecular weight is 392 g/mol. The summed E-state index contributed by atoms with van der Waals surface area (Å²) >= 11 is 0. The van der Waals surface area contributed by atoms with Gasteiger partial charge >= 0.3 is 5.69 Å². The van der Waals surface area contributed by atoms with Gasteiger partial charge in [-0.1, -0.05) is 42.5 Å². The zero-order valence-electron chi connectivity index (χ0n) is 16.4. The van der Waals surface area contributed by atoms with Crippen LogP contribution in [0.5, 0.6) is 5.75 Å². The highest BCUT2D eigenvalue weighted by Gasteiger charge is 2.22. The van der Waals surface area contributed by atoms with E-state index in [1.54, 1.807) is 11.7 Å². The zero-order valence-corrected chi connectivity index (χ0v) is 16.4. The van der Waals surface area contributed by atoms with E-state index in [0.29, 0.717) is 31.1 Å². The third-order valence-corrected chi connectivity index (χ3v) is 5.21. The molecule has 1 aromatic heterocycles. The number of aromatic nitrogens is 2. The van der Waals surface area contributed by atoms with Gasteiger partial charge in [0, 0.05) is 13.1 Å². The molecule has 1 aliphatic rings. The molecule has 29 heavy (non-hydrogen) atoms. The Morgan fingerprint density at radius 3 is 2.48 bits per heavy atom. The lowest BCUT2D eigenvalue weighted by atomic mass is 10.1. The van der Waals surface area contributed by atoms with Gasteiger partial charge in [-0.3, -0.25) is 19.2 Å². The van der Waals surface area contributed by atoms with Crippen LogP contribution in [0.2, 0.25) is 0 Å². The molecular weight excluding hydrogens is 368 g/mol. The summed E-state index contributed by atoms with van der Waals surface area (Å²) in [6.07, 6.45) is 0.904. The Morgan fingerprint density at radius 1 is 1.00 bits per heavy atom. The number of hydrogen-bond acceptors (Lipinski definition) is 5. The number of ether oxygens (including phenoxy) is 1. The maximum Gasteiger partial charge on any atom is 0.330 e. The van der Waals surface area contributed by atoms with Crippen molar-refractivity contribution in [1.82, 2.24) is 14.5 Å². The molecule has 3 aromatic rings. The van der Waals surface area contributed by atoms with Crippen molar-refractivity contribution >= 4 is 5.82 Å². The number of nitrogens with one attached hydrogen (secondary N) is 2. The number of H-pyrrole nitrogens is 1. The Hall–Kier alpha value is -3.32. The molecular formula is C22H24N4O3. The van der Waals surface area contributed by atoms with E-state index >= 15 is 0 Å². The van der Waals surface area contributed by atoms with Crippen molar-refractivity contribution in [3.63, 3.8) is 0 Å². The number of hydrogen-bond donors (Lipinski definition) is 2. The maximum absolute atomic E-state index is 12.5. The quantitative estimate of drug-likeness (QED) is 0.671. The van der Waals surface area contributed by atoms with Gasteiger partial charge in [0.05, 0.1) is 25.9 Å². The summed E-state index contributed by atoms with van der Waals surface area (Å²) in [4.78, 5) is 29.5. The fourth-order valence-electron chi connectivity index (χ4n) is 3.58. The molecule has 2 N–H and O–H groups in total. The van der Waals surface area contributed by atoms with Crippen molar-refractivity contribution in [2.24, 2.45) is 0 Å². The average Bonchev–Trinajstić information content (AvgIpc) is 2.76. The minimum absolute atomic E-state index is 0.326. The second-order valence-corrected chi connectivity index (χ2v) is 7.14. The van der Waals surface area contributed by atoms with Gasteiger partial charge < -0.3 is 10.1 Å². The first-order valence-electron chi connectivity index (χ1n) is 9.63. The summed E-state index contributed by atoms with van der Waals surface area (Å²) in [6.45, 7) is 2.30. The molecule has 0 fully saturated rings. The maximum atomic E-state index is 12.5. The lowest BCUT2D eigenvalue weighted by Gasteiger charge is -2.30. The second kappa shape index (κ2) is 8.36. The van der Waals surface area contributed by atoms with Crippen molar-refractivity contribution in [1.29, 1.82) is 0 Å². The predicted octanol–water partition coefficient (Wildman–Crippen LogP) is 2.02. The van der Waals surface area contributed by atoms with Gasteiger partial charge in [0.25, 0.3) is 5.56 Å². The van der Waals surface area contributed by atoms with Crippen LogP contribution >= 0.6 is 0 Å². The zero-order chi connectivity index (χ0) is 20.2. The lowest BCUT2D eigenvalue weighted by molar-refractivity contribution is 0.274. The van der Waals surface area contributed by atoms with Gasteiger partial charge in [-0.25, -0.2) is 4.79 Å².